The minimum atomic E-state index is 0.0946. The molecule has 0 aliphatic carbocycles. The van der Waals surface area contributed by atoms with Gasteiger partial charge in [-0.1, -0.05) is 25.1 Å². The molecular weight excluding hydrogens is 262 g/mol. The molecule has 4 heteroatoms. The molecule has 1 aromatic carbocycles. The van der Waals surface area contributed by atoms with Crippen LogP contribution in [-0.2, 0) is 11.2 Å². The van der Waals surface area contributed by atoms with Gasteiger partial charge in [0.1, 0.15) is 0 Å². The first-order valence-electron chi connectivity index (χ1n) is 8.03. The van der Waals surface area contributed by atoms with Gasteiger partial charge >= 0.3 is 0 Å². The standard InChI is InChI=1S/C17H27N3O/c1-3-14(2)19-13-17(21)18-10-6-11-20-12-9-15-7-4-5-8-16(15)20/h4-5,7-8,14,19H,3,6,9-13H2,1-2H3,(H,18,21). The van der Waals surface area contributed by atoms with E-state index >= 15 is 0 Å². The number of hydrogen-bond donors (Lipinski definition) is 2. The zero-order valence-corrected chi connectivity index (χ0v) is 13.2. The molecule has 1 amide bonds. The highest BCUT2D eigenvalue weighted by Gasteiger charge is 2.17. The van der Waals surface area contributed by atoms with Crippen LogP contribution in [0.25, 0.3) is 0 Å². The summed E-state index contributed by atoms with van der Waals surface area (Å²) < 4.78 is 0. The molecule has 2 rings (SSSR count). The Hall–Kier alpha value is -1.55. The van der Waals surface area contributed by atoms with Crippen LogP contribution in [0.5, 0.6) is 0 Å². The van der Waals surface area contributed by atoms with Crippen molar-refractivity contribution < 1.29 is 4.79 Å². The lowest BCUT2D eigenvalue weighted by molar-refractivity contribution is -0.120. The highest BCUT2D eigenvalue weighted by Crippen LogP contribution is 2.27. The molecule has 1 unspecified atom stereocenters. The van der Waals surface area contributed by atoms with E-state index in [-0.39, 0.29) is 5.91 Å². The third-order valence-electron chi connectivity index (χ3n) is 4.13. The second kappa shape index (κ2) is 8.03. The monoisotopic (exact) mass is 289 g/mol. The van der Waals surface area contributed by atoms with Gasteiger partial charge in [0.15, 0.2) is 0 Å². The largest absolute Gasteiger partial charge is 0.371 e. The van der Waals surface area contributed by atoms with E-state index in [1.165, 1.54) is 11.3 Å². The predicted molar refractivity (Wildman–Crippen MR) is 87.7 cm³/mol. The number of anilines is 1. The van der Waals surface area contributed by atoms with E-state index in [9.17, 15) is 4.79 Å². The van der Waals surface area contributed by atoms with Crippen LogP contribution < -0.4 is 15.5 Å². The lowest BCUT2D eigenvalue weighted by Gasteiger charge is -2.19. The summed E-state index contributed by atoms with van der Waals surface area (Å²) in [7, 11) is 0. The maximum atomic E-state index is 11.7. The fourth-order valence-corrected chi connectivity index (χ4v) is 2.61. The lowest BCUT2D eigenvalue weighted by atomic mass is 10.2. The number of fused-ring (bicyclic) bond motifs is 1. The first kappa shape index (κ1) is 15.8. The number of rotatable bonds is 8. The van der Waals surface area contributed by atoms with Crippen molar-refractivity contribution in [1.29, 1.82) is 0 Å². The Kier molecular flexibility index (Phi) is 6.05. The number of benzene rings is 1. The van der Waals surface area contributed by atoms with Gasteiger partial charge in [-0.05, 0) is 37.8 Å². The summed E-state index contributed by atoms with van der Waals surface area (Å²) in [4.78, 5) is 14.1. The van der Waals surface area contributed by atoms with Crippen LogP contribution in [0.15, 0.2) is 24.3 Å². The molecule has 1 atom stereocenters. The minimum absolute atomic E-state index is 0.0946. The van der Waals surface area contributed by atoms with Crippen molar-refractivity contribution in [1.82, 2.24) is 10.6 Å². The van der Waals surface area contributed by atoms with Gasteiger partial charge in [-0.2, -0.15) is 0 Å². The van der Waals surface area contributed by atoms with E-state index < -0.39 is 0 Å². The molecule has 1 aromatic rings. The summed E-state index contributed by atoms with van der Waals surface area (Å²) in [5.74, 6) is 0.0946. The van der Waals surface area contributed by atoms with E-state index in [1.807, 2.05) is 0 Å². The number of carbonyl (C=O) groups is 1. The number of carbonyl (C=O) groups excluding carboxylic acids is 1. The van der Waals surface area contributed by atoms with Crippen LogP contribution in [0.3, 0.4) is 0 Å². The first-order chi connectivity index (χ1) is 10.2. The Morgan fingerprint density at radius 2 is 2.19 bits per heavy atom. The van der Waals surface area contributed by atoms with Crippen LogP contribution >= 0.6 is 0 Å². The van der Waals surface area contributed by atoms with Crippen LogP contribution in [0, 0.1) is 0 Å². The summed E-state index contributed by atoms with van der Waals surface area (Å²) in [6.45, 7) is 7.49. The zero-order valence-electron chi connectivity index (χ0n) is 13.2. The van der Waals surface area contributed by atoms with Crippen molar-refractivity contribution in [3.63, 3.8) is 0 Å². The predicted octanol–water partition coefficient (Wildman–Crippen LogP) is 1.94. The average molecular weight is 289 g/mol. The van der Waals surface area contributed by atoms with Crippen molar-refractivity contribution >= 4 is 11.6 Å². The highest BCUT2D eigenvalue weighted by atomic mass is 16.1. The van der Waals surface area contributed by atoms with Crippen LogP contribution in [0.2, 0.25) is 0 Å². The normalized spacial score (nSPS) is 14.9. The third kappa shape index (κ3) is 4.74. The zero-order chi connectivity index (χ0) is 15.1. The minimum Gasteiger partial charge on any atom is -0.371 e. The number of nitrogens with zero attached hydrogens (tertiary/aromatic N) is 1. The van der Waals surface area contributed by atoms with Crippen molar-refractivity contribution in [2.45, 2.75) is 39.2 Å². The molecule has 0 aromatic heterocycles. The number of nitrogens with one attached hydrogen (secondary N) is 2. The van der Waals surface area contributed by atoms with E-state index in [1.54, 1.807) is 0 Å². The Morgan fingerprint density at radius 3 is 3.00 bits per heavy atom. The molecule has 0 saturated heterocycles. The Labute approximate surface area is 127 Å². The van der Waals surface area contributed by atoms with Gasteiger partial charge in [0.05, 0.1) is 6.54 Å². The molecule has 116 valence electrons. The fourth-order valence-electron chi connectivity index (χ4n) is 2.61. The van der Waals surface area contributed by atoms with Gasteiger partial charge in [-0.25, -0.2) is 0 Å². The average Bonchev–Trinajstić information content (AvgIpc) is 2.92. The molecule has 0 spiro atoms. The lowest BCUT2D eigenvalue weighted by Crippen LogP contribution is -2.38. The Bertz CT molecular complexity index is 461. The number of para-hydroxylation sites is 1. The SMILES string of the molecule is CCC(C)NCC(=O)NCCCN1CCc2ccccc21. The quantitative estimate of drug-likeness (QED) is 0.719. The molecule has 1 aliphatic rings. The molecule has 0 saturated carbocycles. The van der Waals surface area contributed by atoms with E-state index in [4.69, 9.17) is 0 Å². The second-order valence-electron chi connectivity index (χ2n) is 5.76. The van der Waals surface area contributed by atoms with Gasteiger partial charge in [-0.15, -0.1) is 0 Å². The fraction of sp³-hybridized carbons (Fsp3) is 0.588. The van der Waals surface area contributed by atoms with Gasteiger partial charge in [-0.3, -0.25) is 4.79 Å². The summed E-state index contributed by atoms with van der Waals surface area (Å²) in [6.07, 6.45) is 3.17. The molecule has 21 heavy (non-hydrogen) atoms. The van der Waals surface area contributed by atoms with E-state index in [0.717, 1.165) is 38.9 Å². The van der Waals surface area contributed by atoms with Crippen LogP contribution in [0.4, 0.5) is 5.69 Å². The Balaban J connectivity index is 1.61. The third-order valence-corrected chi connectivity index (χ3v) is 4.13. The topological polar surface area (TPSA) is 44.4 Å². The van der Waals surface area contributed by atoms with Crippen molar-refractivity contribution in [2.24, 2.45) is 0 Å². The molecule has 1 aliphatic heterocycles. The van der Waals surface area contributed by atoms with Gasteiger partial charge in [0.2, 0.25) is 5.91 Å². The molecular formula is C17H27N3O. The highest BCUT2D eigenvalue weighted by molar-refractivity contribution is 5.77. The summed E-state index contributed by atoms with van der Waals surface area (Å²) >= 11 is 0. The van der Waals surface area contributed by atoms with Crippen LogP contribution in [0.1, 0.15) is 32.3 Å². The number of amides is 1. The van der Waals surface area contributed by atoms with Gasteiger partial charge in [0.25, 0.3) is 0 Å². The summed E-state index contributed by atoms with van der Waals surface area (Å²) in [6, 6.07) is 9.00. The first-order valence-corrected chi connectivity index (χ1v) is 8.03. The van der Waals surface area contributed by atoms with Crippen LogP contribution in [-0.4, -0.2) is 38.1 Å². The maximum Gasteiger partial charge on any atom is 0.233 e. The van der Waals surface area contributed by atoms with Gasteiger partial charge in [0, 0.05) is 31.4 Å². The van der Waals surface area contributed by atoms with Crippen molar-refractivity contribution in [3.8, 4) is 0 Å². The van der Waals surface area contributed by atoms with Gasteiger partial charge < -0.3 is 15.5 Å². The smallest absolute Gasteiger partial charge is 0.233 e. The molecule has 0 bridgehead atoms. The molecule has 1 heterocycles. The van der Waals surface area contributed by atoms with E-state index in [0.29, 0.717) is 12.6 Å². The Morgan fingerprint density at radius 1 is 1.38 bits per heavy atom. The summed E-state index contributed by atoms with van der Waals surface area (Å²) in [5.41, 5.74) is 2.81. The molecule has 4 nitrogen and oxygen atoms in total. The summed E-state index contributed by atoms with van der Waals surface area (Å²) in [5, 5.41) is 6.19. The maximum absolute atomic E-state index is 11.7. The van der Waals surface area contributed by atoms with Crippen molar-refractivity contribution in [3.05, 3.63) is 29.8 Å². The van der Waals surface area contributed by atoms with E-state index in [2.05, 4.69) is 53.6 Å². The molecule has 0 fully saturated rings. The van der Waals surface area contributed by atoms with Crippen molar-refractivity contribution in [2.75, 3.05) is 31.1 Å². The number of hydrogen-bond acceptors (Lipinski definition) is 3. The second-order valence-corrected chi connectivity index (χ2v) is 5.76. The molecule has 2 N–H and O–H groups in total. The molecule has 0 radical (unpaired) electrons.